The smallest absolute Gasteiger partial charge is 0.169 e. The van der Waals surface area contributed by atoms with E-state index >= 15 is 0 Å². The van der Waals surface area contributed by atoms with Crippen LogP contribution in [0.1, 0.15) is 24.3 Å². The van der Waals surface area contributed by atoms with Crippen molar-refractivity contribution in [3.8, 4) is 0 Å². The molecule has 4 heteroatoms. The summed E-state index contributed by atoms with van der Waals surface area (Å²) >= 11 is 5.71. The molecular weight excluding hydrogens is 176 g/mol. The number of rotatable bonds is 3. The van der Waals surface area contributed by atoms with Crippen LogP contribution in [0.4, 0.5) is 0 Å². The molecule has 0 amide bonds. The van der Waals surface area contributed by atoms with Gasteiger partial charge < -0.3 is 0 Å². The predicted octanol–water partition coefficient (Wildman–Crippen LogP) is 2.00. The third-order valence-corrected chi connectivity index (χ3v) is 1.77. The molecule has 0 bridgehead atoms. The normalized spacial score (nSPS) is 10.7. The number of aromatic nitrogens is 2. The van der Waals surface area contributed by atoms with Crippen molar-refractivity contribution < 1.29 is 4.79 Å². The zero-order valence-corrected chi connectivity index (χ0v) is 7.88. The minimum absolute atomic E-state index is 0.422. The van der Waals surface area contributed by atoms with Crippen LogP contribution in [-0.4, -0.2) is 16.1 Å². The summed E-state index contributed by atoms with van der Waals surface area (Å²) in [6.07, 6.45) is 2.23. The second-order valence-electron chi connectivity index (χ2n) is 3.07. The molecule has 0 radical (unpaired) electrons. The van der Waals surface area contributed by atoms with E-state index in [9.17, 15) is 4.79 Å². The van der Waals surface area contributed by atoms with Gasteiger partial charge in [-0.25, -0.2) is 0 Å². The SMILES string of the molecule is CC(C)Cn1ncc(Cl)c1C=O. The summed E-state index contributed by atoms with van der Waals surface area (Å²) in [7, 11) is 0. The minimum atomic E-state index is 0.422. The van der Waals surface area contributed by atoms with Crippen LogP contribution in [0.5, 0.6) is 0 Å². The largest absolute Gasteiger partial charge is 0.296 e. The summed E-state index contributed by atoms with van der Waals surface area (Å²) < 4.78 is 1.62. The molecule has 1 heterocycles. The van der Waals surface area contributed by atoms with Gasteiger partial charge in [0.2, 0.25) is 0 Å². The molecule has 0 saturated heterocycles. The van der Waals surface area contributed by atoms with Crippen molar-refractivity contribution in [1.29, 1.82) is 0 Å². The molecule has 0 aliphatic carbocycles. The van der Waals surface area contributed by atoms with Gasteiger partial charge in [-0.15, -0.1) is 0 Å². The van der Waals surface area contributed by atoms with Gasteiger partial charge in [-0.05, 0) is 5.92 Å². The summed E-state index contributed by atoms with van der Waals surface area (Å²) in [5.74, 6) is 0.458. The van der Waals surface area contributed by atoms with Crippen LogP contribution in [0.3, 0.4) is 0 Å². The Hall–Kier alpha value is -0.830. The van der Waals surface area contributed by atoms with Gasteiger partial charge in [-0.3, -0.25) is 9.48 Å². The lowest BCUT2D eigenvalue weighted by atomic mass is 10.2. The van der Waals surface area contributed by atoms with Crippen LogP contribution in [0.15, 0.2) is 6.20 Å². The molecule has 3 nitrogen and oxygen atoms in total. The summed E-state index contributed by atoms with van der Waals surface area (Å²) in [4.78, 5) is 10.5. The highest BCUT2D eigenvalue weighted by Crippen LogP contribution is 2.13. The predicted molar refractivity (Wildman–Crippen MR) is 47.5 cm³/mol. The second-order valence-corrected chi connectivity index (χ2v) is 3.48. The maximum absolute atomic E-state index is 10.5. The monoisotopic (exact) mass is 186 g/mol. The van der Waals surface area contributed by atoms with Gasteiger partial charge in [0.05, 0.1) is 11.2 Å². The molecule has 66 valence electrons. The first-order chi connectivity index (χ1) is 5.65. The fraction of sp³-hybridized carbons (Fsp3) is 0.500. The Morgan fingerprint density at radius 3 is 2.92 bits per heavy atom. The average molecular weight is 187 g/mol. The Bertz CT molecular complexity index is 281. The van der Waals surface area contributed by atoms with E-state index in [0.29, 0.717) is 16.6 Å². The van der Waals surface area contributed by atoms with Gasteiger partial charge in [0.15, 0.2) is 6.29 Å². The number of carbonyl (C=O) groups is 1. The molecule has 1 aromatic rings. The molecule has 0 fully saturated rings. The van der Waals surface area contributed by atoms with Crippen molar-refractivity contribution in [2.75, 3.05) is 0 Å². The van der Waals surface area contributed by atoms with E-state index < -0.39 is 0 Å². The van der Waals surface area contributed by atoms with E-state index in [1.807, 2.05) is 0 Å². The van der Waals surface area contributed by atoms with Crippen LogP contribution in [0, 0.1) is 5.92 Å². The van der Waals surface area contributed by atoms with E-state index in [2.05, 4.69) is 18.9 Å². The van der Waals surface area contributed by atoms with E-state index in [1.165, 1.54) is 6.20 Å². The highest BCUT2D eigenvalue weighted by atomic mass is 35.5. The van der Waals surface area contributed by atoms with Gasteiger partial charge in [0.1, 0.15) is 5.69 Å². The van der Waals surface area contributed by atoms with E-state index in [-0.39, 0.29) is 0 Å². The maximum atomic E-state index is 10.5. The Morgan fingerprint density at radius 2 is 2.42 bits per heavy atom. The molecule has 0 aromatic carbocycles. The zero-order chi connectivity index (χ0) is 9.14. The molecule has 12 heavy (non-hydrogen) atoms. The summed E-state index contributed by atoms with van der Waals surface area (Å²) in [6.45, 7) is 4.84. The Balaban J connectivity index is 2.91. The van der Waals surface area contributed by atoms with Gasteiger partial charge in [0.25, 0.3) is 0 Å². The number of nitrogens with zero attached hydrogens (tertiary/aromatic N) is 2. The van der Waals surface area contributed by atoms with Crippen LogP contribution >= 0.6 is 11.6 Å². The van der Waals surface area contributed by atoms with Crippen molar-refractivity contribution in [3.63, 3.8) is 0 Å². The molecule has 0 aliphatic rings. The van der Waals surface area contributed by atoms with Crippen molar-refractivity contribution >= 4 is 17.9 Å². The standard InChI is InChI=1S/C8H11ClN2O/c1-6(2)4-11-8(5-12)7(9)3-10-11/h3,5-6H,4H2,1-2H3. The van der Waals surface area contributed by atoms with Crippen molar-refractivity contribution in [3.05, 3.63) is 16.9 Å². The van der Waals surface area contributed by atoms with E-state index in [0.717, 1.165) is 12.8 Å². The fourth-order valence-corrected chi connectivity index (χ4v) is 1.17. The number of hydrogen-bond acceptors (Lipinski definition) is 2. The van der Waals surface area contributed by atoms with E-state index in [4.69, 9.17) is 11.6 Å². The molecule has 0 saturated carbocycles. The van der Waals surface area contributed by atoms with Crippen LogP contribution in [-0.2, 0) is 6.54 Å². The maximum Gasteiger partial charge on any atom is 0.169 e. The summed E-state index contributed by atoms with van der Waals surface area (Å²) in [5.41, 5.74) is 0.463. The molecule has 1 aromatic heterocycles. The van der Waals surface area contributed by atoms with E-state index in [1.54, 1.807) is 4.68 Å². The van der Waals surface area contributed by atoms with Crippen molar-refractivity contribution in [2.24, 2.45) is 5.92 Å². The quantitative estimate of drug-likeness (QED) is 0.677. The van der Waals surface area contributed by atoms with Crippen molar-refractivity contribution in [2.45, 2.75) is 20.4 Å². The topological polar surface area (TPSA) is 34.9 Å². The summed E-state index contributed by atoms with van der Waals surface area (Å²) in [5, 5.41) is 4.40. The molecule has 1 rings (SSSR count). The zero-order valence-electron chi connectivity index (χ0n) is 7.12. The first-order valence-corrected chi connectivity index (χ1v) is 4.19. The van der Waals surface area contributed by atoms with Crippen LogP contribution < -0.4 is 0 Å². The molecule has 0 atom stereocenters. The average Bonchev–Trinajstić information content (AvgIpc) is 2.30. The Labute approximate surface area is 76.3 Å². The molecule has 0 N–H and O–H groups in total. The van der Waals surface area contributed by atoms with Gasteiger partial charge in [-0.2, -0.15) is 5.10 Å². The fourth-order valence-electron chi connectivity index (χ4n) is 0.981. The second kappa shape index (κ2) is 3.72. The lowest BCUT2D eigenvalue weighted by Crippen LogP contribution is -2.09. The highest BCUT2D eigenvalue weighted by molar-refractivity contribution is 6.32. The number of carbonyl (C=O) groups excluding carboxylic acids is 1. The lowest BCUT2D eigenvalue weighted by Gasteiger charge is -2.05. The highest BCUT2D eigenvalue weighted by Gasteiger charge is 2.08. The van der Waals surface area contributed by atoms with Crippen LogP contribution in [0.2, 0.25) is 5.02 Å². The van der Waals surface area contributed by atoms with Gasteiger partial charge in [-0.1, -0.05) is 25.4 Å². The Kier molecular flexibility index (Phi) is 2.87. The first-order valence-electron chi connectivity index (χ1n) is 3.81. The molecular formula is C8H11ClN2O. The third-order valence-electron chi connectivity index (χ3n) is 1.48. The number of aldehydes is 1. The first kappa shape index (κ1) is 9.26. The number of halogens is 1. The van der Waals surface area contributed by atoms with Gasteiger partial charge in [0, 0.05) is 6.54 Å². The molecule has 0 unspecified atom stereocenters. The lowest BCUT2D eigenvalue weighted by molar-refractivity contribution is 0.111. The minimum Gasteiger partial charge on any atom is -0.296 e. The van der Waals surface area contributed by atoms with Crippen molar-refractivity contribution in [1.82, 2.24) is 9.78 Å². The summed E-state index contributed by atoms with van der Waals surface area (Å²) in [6, 6.07) is 0. The number of hydrogen-bond donors (Lipinski definition) is 0. The van der Waals surface area contributed by atoms with Crippen LogP contribution in [0.25, 0.3) is 0 Å². The third kappa shape index (κ3) is 1.85. The van der Waals surface area contributed by atoms with Gasteiger partial charge >= 0.3 is 0 Å². The Morgan fingerprint density at radius 1 is 1.75 bits per heavy atom. The molecule has 0 spiro atoms. The molecule has 0 aliphatic heterocycles.